The van der Waals surface area contributed by atoms with Crippen LogP contribution < -0.4 is 0 Å². The van der Waals surface area contributed by atoms with Gasteiger partial charge >= 0.3 is 6.09 Å². The molecule has 5 nitrogen and oxygen atoms in total. The van der Waals surface area contributed by atoms with Crippen molar-refractivity contribution in [2.24, 2.45) is 0 Å². The molecule has 1 aliphatic heterocycles. The van der Waals surface area contributed by atoms with Gasteiger partial charge in [0.15, 0.2) is 0 Å². The van der Waals surface area contributed by atoms with Crippen LogP contribution in [0.3, 0.4) is 0 Å². The Morgan fingerprint density at radius 3 is 2.30 bits per heavy atom. The van der Waals surface area contributed by atoms with Crippen LogP contribution >= 0.6 is 0 Å². The first-order valence-electron chi connectivity index (χ1n) is 10.3. The highest BCUT2D eigenvalue weighted by Crippen LogP contribution is 2.44. The molecule has 0 bridgehead atoms. The summed E-state index contributed by atoms with van der Waals surface area (Å²) in [6.45, 7) is 1.48. The van der Waals surface area contributed by atoms with Crippen LogP contribution in [0.4, 0.5) is 4.79 Å². The lowest BCUT2D eigenvalue weighted by Gasteiger charge is -2.38. The second-order valence-electron chi connectivity index (χ2n) is 7.94. The Morgan fingerprint density at radius 2 is 1.73 bits per heavy atom. The number of piperidine rings is 1. The lowest BCUT2D eigenvalue weighted by molar-refractivity contribution is 0.0785. The van der Waals surface area contributed by atoms with Crippen molar-refractivity contribution in [2.75, 3.05) is 19.7 Å². The summed E-state index contributed by atoms with van der Waals surface area (Å²) >= 11 is 0. The van der Waals surface area contributed by atoms with E-state index in [1.165, 1.54) is 22.3 Å². The van der Waals surface area contributed by atoms with Crippen LogP contribution in [0.2, 0.25) is 0 Å². The van der Waals surface area contributed by atoms with E-state index in [4.69, 9.17) is 11.2 Å². The fraction of sp³-hybridized carbons (Fsp3) is 0.280. The predicted octanol–water partition coefficient (Wildman–Crippen LogP) is 4.26. The molecule has 1 saturated heterocycles. The number of fused-ring (bicyclic) bond motifs is 3. The average Bonchev–Trinajstić information content (AvgIpc) is 3.45. The lowest BCUT2D eigenvalue weighted by atomic mass is 9.88. The van der Waals surface area contributed by atoms with Crippen LogP contribution in [0.1, 0.15) is 29.9 Å². The van der Waals surface area contributed by atoms with E-state index in [2.05, 4.69) is 47.3 Å². The molecule has 0 N–H and O–H groups in total. The second-order valence-corrected chi connectivity index (χ2v) is 7.94. The monoisotopic (exact) mass is 397 g/mol. The fourth-order valence-electron chi connectivity index (χ4n) is 4.73. The Balaban J connectivity index is 1.26. The minimum atomic E-state index is -0.420. The van der Waals surface area contributed by atoms with Gasteiger partial charge in [0.1, 0.15) is 12.1 Å². The molecule has 1 fully saturated rings. The third-order valence-electron chi connectivity index (χ3n) is 6.45. The molecule has 0 unspecified atom stereocenters. The number of amides is 1. The fourth-order valence-corrected chi connectivity index (χ4v) is 4.73. The number of ether oxygens (including phenoxy) is 1. The largest absolute Gasteiger partial charge is 0.448 e. The third-order valence-corrected chi connectivity index (χ3v) is 6.45. The summed E-state index contributed by atoms with van der Waals surface area (Å²) in [6.07, 6.45) is 12.3. The summed E-state index contributed by atoms with van der Waals surface area (Å²) < 4.78 is 7.76. The van der Waals surface area contributed by atoms with Crippen molar-refractivity contribution in [3.8, 4) is 23.5 Å². The molecule has 0 spiro atoms. The highest BCUT2D eigenvalue weighted by Gasteiger charge is 2.37. The summed E-state index contributed by atoms with van der Waals surface area (Å²) in [5, 5.41) is 0. The van der Waals surface area contributed by atoms with E-state index in [1.54, 1.807) is 17.4 Å². The minimum Gasteiger partial charge on any atom is -0.448 e. The molecule has 1 amide bonds. The van der Waals surface area contributed by atoms with Crippen molar-refractivity contribution in [1.29, 1.82) is 0 Å². The van der Waals surface area contributed by atoms with Gasteiger partial charge in [-0.05, 0) is 22.3 Å². The number of hydrogen-bond acceptors (Lipinski definition) is 3. The molecule has 150 valence electrons. The van der Waals surface area contributed by atoms with Gasteiger partial charge in [0.25, 0.3) is 0 Å². The van der Waals surface area contributed by atoms with Gasteiger partial charge in [0.2, 0.25) is 0 Å². The van der Waals surface area contributed by atoms with Crippen LogP contribution in [0.5, 0.6) is 0 Å². The van der Waals surface area contributed by atoms with Crippen LogP contribution in [-0.4, -0.2) is 40.2 Å². The molecule has 1 aromatic heterocycles. The maximum Gasteiger partial charge on any atom is 0.409 e. The first-order chi connectivity index (χ1) is 14.7. The van der Waals surface area contributed by atoms with Crippen molar-refractivity contribution >= 4 is 6.09 Å². The Morgan fingerprint density at radius 1 is 1.10 bits per heavy atom. The first-order valence-corrected chi connectivity index (χ1v) is 10.3. The number of likely N-dealkylation sites (tertiary alicyclic amines) is 1. The number of imidazole rings is 1. The summed E-state index contributed by atoms with van der Waals surface area (Å²) in [6, 6.07) is 16.7. The number of rotatable bonds is 3. The Hall–Kier alpha value is -3.52. The number of aromatic nitrogens is 2. The standard InChI is InChI=1S/C25H23N3O2/c1-2-25(28-16-13-26-18-28)11-14-27(15-12-25)24(29)30-17-23-21-9-5-3-7-19(21)20-8-4-6-10-22(20)23/h1,3-10,13,16,18,23H,11-12,14-15,17H2. The van der Waals surface area contributed by atoms with Gasteiger partial charge < -0.3 is 14.2 Å². The number of carbonyl (C=O) groups excluding carboxylic acids is 1. The van der Waals surface area contributed by atoms with Crippen molar-refractivity contribution in [3.63, 3.8) is 0 Å². The molecule has 2 heterocycles. The lowest BCUT2D eigenvalue weighted by Crippen LogP contribution is -2.47. The zero-order chi connectivity index (χ0) is 20.6. The zero-order valence-electron chi connectivity index (χ0n) is 16.7. The van der Waals surface area contributed by atoms with Crippen LogP contribution in [0, 0.1) is 12.3 Å². The van der Waals surface area contributed by atoms with E-state index >= 15 is 0 Å². The number of carbonyl (C=O) groups is 1. The van der Waals surface area contributed by atoms with Crippen LogP contribution in [0.25, 0.3) is 11.1 Å². The smallest absolute Gasteiger partial charge is 0.409 e. The Labute approximate surface area is 176 Å². The molecule has 0 radical (unpaired) electrons. The maximum absolute atomic E-state index is 12.8. The molecule has 3 aromatic rings. The molecule has 30 heavy (non-hydrogen) atoms. The van der Waals surface area contributed by atoms with E-state index in [0.29, 0.717) is 32.5 Å². The highest BCUT2D eigenvalue weighted by atomic mass is 16.6. The molecule has 5 heteroatoms. The van der Waals surface area contributed by atoms with Gasteiger partial charge in [-0.1, -0.05) is 54.5 Å². The number of benzene rings is 2. The molecule has 0 atom stereocenters. The summed E-state index contributed by atoms with van der Waals surface area (Å²) in [7, 11) is 0. The Kier molecular flexibility index (Phi) is 4.55. The number of nitrogens with zero attached hydrogens (tertiary/aromatic N) is 3. The molecule has 1 aliphatic carbocycles. The van der Waals surface area contributed by atoms with E-state index in [0.717, 1.165) is 0 Å². The molecule has 5 rings (SSSR count). The summed E-state index contributed by atoms with van der Waals surface area (Å²) in [5.41, 5.74) is 4.47. The van der Waals surface area contributed by atoms with Gasteiger partial charge in [-0.15, -0.1) is 6.42 Å². The summed E-state index contributed by atoms with van der Waals surface area (Å²) in [5.74, 6) is 2.99. The zero-order valence-corrected chi connectivity index (χ0v) is 16.7. The molecular formula is C25H23N3O2. The topological polar surface area (TPSA) is 47.4 Å². The number of hydrogen-bond donors (Lipinski definition) is 0. The van der Waals surface area contributed by atoms with Gasteiger partial charge in [-0.3, -0.25) is 0 Å². The van der Waals surface area contributed by atoms with Crippen LogP contribution in [0.15, 0.2) is 67.3 Å². The molecular weight excluding hydrogens is 374 g/mol. The summed E-state index contributed by atoms with van der Waals surface area (Å²) in [4.78, 5) is 18.7. The quantitative estimate of drug-likeness (QED) is 0.621. The SMILES string of the molecule is C#CC1(n2ccnc2)CCN(C(=O)OCC2c3ccccc3-c3ccccc32)CC1. The molecule has 2 aromatic carbocycles. The number of terminal acetylenes is 1. The van der Waals surface area contributed by atoms with Gasteiger partial charge in [-0.2, -0.15) is 0 Å². The Bertz CT molecular complexity index is 1060. The second kappa shape index (κ2) is 7.38. The van der Waals surface area contributed by atoms with Crippen LogP contribution in [-0.2, 0) is 10.3 Å². The van der Waals surface area contributed by atoms with Crippen molar-refractivity contribution in [2.45, 2.75) is 24.3 Å². The first kappa shape index (κ1) is 18.5. The molecule has 0 saturated carbocycles. The van der Waals surface area contributed by atoms with Crippen molar-refractivity contribution in [3.05, 3.63) is 78.4 Å². The minimum absolute atomic E-state index is 0.0712. The maximum atomic E-state index is 12.8. The van der Waals surface area contributed by atoms with Gasteiger partial charge in [0.05, 0.1) is 6.33 Å². The van der Waals surface area contributed by atoms with E-state index in [1.807, 2.05) is 22.9 Å². The van der Waals surface area contributed by atoms with Crippen molar-refractivity contribution < 1.29 is 9.53 Å². The third kappa shape index (κ3) is 2.96. The predicted molar refractivity (Wildman–Crippen MR) is 115 cm³/mol. The highest BCUT2D eigenvalue weighted by molar-refractivity contribution is 5.79. The van der Waals surface area contributed by atoms with Crippen molar-refractivity contribution in [1.82, 2.24) is 14.5 Å². The molecule has 2 aliphatic rings. The van der Waals surface area contributed by atoms with Gasteiger partial charge in [-0.25, -0.2) is 9.78 Å². The van der Waals surface area contributed by atoms with E-state index < -0.39 is 5.54 Å². The van der Waals surface area contributed by atoms with Gasteiger partial charge in [0, 0.05) is 44.2 Å². The normalized spacial score (nSPS) is 17.1. The van der Waals surface area contributed by atoms with E-state index in [9.17, 15) is 4.79 Å². The average molecular weight is 397 g/mol. The van der Waals surface area contributed by atoms with E-state index in [-0.39, 0.29) is 12.0 Å².